The molecule has 2 aromatic carbocycles. The van der Waals surface area contributed by atoms with Crippen molar-refractivity contribution in [2.45, 2.75) is 26.3 Å². The van der Waals surface area contributed by atoms with Gasteiger partial charge < -0.3 is 14.8 Å². The normalized spacial score (nSPS) is 15.5. The first-order valence-electron chi connectivity index (χ1n) is 11.1. The third kappa shape index (κ3) is 4.92. The monoisotopic (exact) mass is 433 g/mol. The van der Waals surface area contributed by atoms with Crippen LogP contribution in [-0.4, -0.2) is 55.7 Å². The van der Waals surface area contributed by atoms with Gasteiger partial charge >= 0.3 is 0 Å². The first kappa shape index (κ1) is 22.2. The van der Waals surface area contributed by atoms with E-state index in [2.05, 4.69) is 35.3 Å². The van der Waals surface area contributed by atoms with Crippen molar-refractivity contribution in [3.8, 4) is 5.75 Å². The summed E-state index contributed by atoms with van der Waals surface area (Å²) in [5, 5.41) is 4.28. The van der Waals surface area contributed by atoms with Gasteiger partial charge in [-0.1, -0.05) is 30.3 Å². The number of rotatable bonds is 7. The first-order valence-corrected chi connectivity index (χ1v) is 11.1. The molecule has 0 unspecified atom stereocenters. The fourth-order valence-electron chi connectivity index (χ4n) is 4.44. The Labute approximate surface area is 189 Å². The van der Waals surface area contributed by atoms with Crippen LogP contribution in [0.4, 0.5) is 0 Å². The number of aromatic nitrogens is 1. The lowest BCUT2D eigenvalue weighted by Crippen LogP contribution is -2.44. The molecule has 168 valence electrons. The van der Waals surface area contributed by atoms with E-state index in [0.717, 1.165) is 52.1 Å². The number of pyridine rings is 1. The fourth-order valence-corrected chi connectivity index (χ4v) is 4.44. The van der Waals surface area contributed by atoms with Crippen molar-refractivity contribution in [1.29, 1.82) is 0 Å². The summed E-state index contributed by atoms with van der Waals surface area (Å²) >= 11 is 0. The number of nitrogens with zero attached hydrogens (tertiary/aromatic N) is 2. The van der Waals surface area contributed by atoms with Crippen LogP contribution in [0.3, 0.4) is 0 Å². The molecule has 1 aliphatic heterocycles. The lowest BCUT2D eigenvalue weighted by atomic mass is 9.99. The summed E-state index contributed by atoms with van der Waals surface area (Å²) in [5.74, 6) is 0.841. The van der Waals surface area contributed by atoms with Gasteiger partial charge in [0.1, 0.15) is 5.75 Å². The highest BCUT2D eigenvalue weighted by atomic mass is 16.5. The maximum atomic E-state index is 13.0. The van der Waals surface area contributed by atoms with Gasteiger partial charge in [0.05, 0.1) is 38.3 Å². The SMILES string of the molecule is COc1ccc([C@@H](CNC(=O)Cc2c(C)nc3ccccc3c2C)N2CCOCC2)cc1. The molecule has 1 amide bonds. The van der Waals surface area contributed by atoms with Crippen LogP contribution in [0.15, 0.2) is 48.5 Å². The molecule has 1 aromatic heterocycles. The summed E-state index contributed by atoms with van der Waals surface area (Å²) in [7, 11) is 1.67. The molecule has 32 heavy (non-hydrogen) atoms. The van der Waals surface area contributed by atoms with E-state index >= 15 is 0 Å². The molecular weight excluding hydrogens is 402 g/mol. The van der Waals surface area contributed by atoms with Crippen molar-refractivity contribution < 1.29 is 14.3 Å². The molecule has 6 heteroatoms. The summed E-state index contributed by atoms with van der Waals surface area (Å²) in [6.45, 7) is 7.72. The smallest absolute Gasteiger partial charge is 0.224 e. The largest absolute Gasteiger partial charge is 0.497 e. The number of aryl methyl sites for hydroxylation is 2. The van der Waals surface area contributed by atoms with Gasteiger partial charge in [0.2, 0.25) is 5.91 Å². The fraction of sp³-hybridized carbons (Fsp3) is 0.385. The number of hydrogen-bond acceptors (Lipinski definition) is 5. The molecule has 0 saturated carbocycles. The molecule has 1 saturated heterocycles. The number of nitrogens with one attached hydrogen (secondary N) is 1. The minimum Gasteiger partial charge on any atom is -0.497 e. The highest BCUT2D eigenvalue weighted by molar-refractivity contribution is 5.86. The topological polar surface area (TPSA) is 63.7 Å². The average molecular weight is 434 g/mol. The lowest BCUT2D eigenvalue weighted by molar-refractivity contribution is -0.120. The molecule has 1 aliphatic rings. The van der Waals surface area contributed by atoms with Gasteiger partial charge in [0.15, 0.2) is 0 Å². The second-order valence-corrected chi connectivity index (χ2v) is 8.24. The van der Waals surface area contributed by atoms with Gasteiger partial charge in [-0.05, 0) is 48.7 Å². The number of carbonyl (C=O) groups is 1. The number of amides is 1. The van der Waals surface area contributed by atoms with Crippen LogP contribution in [0.5, 0.6) is 5.75 Å². The number of ether oxygens (including phenoxy) is 2. The van der Waals surface area contributed by atoms with E-state index in [1.54, 1.807) is 7.11 Å². The molecule has 1 atom stereocenters. The number of methoxy groups -OCH3 is 1. The minimum atomic E-state index is 0.0139. The van der Waals surface area contributed by atoms with Gasteiger partial charge in [-0.3, -0.25) is 14.7 Å². The van der Waals surface area contributed by atoms with E-state index in [1.807, 2.05) is 37.3 Å². The van der Waals surface area contributed by atoms with Crippen LogP contribution in [0.2, 0.25) is 0 Å². The Morgan fingerprint density at radius 1 is 1.12 bits per heavy atom. The van der Waals surface area contributed by atoms with Gasteiger partial charge in [0.25, 0.3) is 0 Å². The first-order chi connectivity index (χ1) is 15.6. The third-order valence-electron chi connectivity index (χ3n) is 6.30. The molecule has 0 bridgehead atoms. The highest BCUT2D eigenvalue weighted by Gasteiger charge is 2.23. The Kier molecular flexibility index (Phi) is 7.02. The molecule has 0 radical (unpaired) electrons. The lowest BCUT2D eigenvalue weighted by Gasteiger charge is -2.35. The van der Waals surface area contributed by atoms with Crippen molar-refractivity contribution >= 4 is 16.8 Å². The van der Waals surface area contributed by atoms with Crippen molar-refractivity contribution in [2.24, 2.45) is 0 Å². The Bertz CT molecular complexity index is 1080. The van der Waals surface area contributed by atoms with Crippen molar-refractivity contribution in [3.63, 3.8) is 0 Å². The standard InChI is InChI=1S/C26H31N3O3/c1-18-22-6-4-5-7-24(22)28-19(2)23(18)16-26(30)27-17-25(29-12-14-32-15-13-29)20-8-10-21(31-3)11-9-20/h4-11,25H,12-17H2,1-3H3,(H,27,30)/t25-/m1/s1. The molecule has 3 aromatic rings. The quantitative estimate of drug-likeness (QED) is 0.617. The second kappa shape index (κ2) is 10.1. The van der Waals surface area contributed by atoms with Gasteiger partial charge in [0, 0.05) is 30.7 Å². The number of benzene rings is 2. The minimum absolute atomic E-state index is 0.0139. The predicted molar refractivity (Wildman–Crippen MR) is 126 cm³/mol. The van der Waals surface area contributed by atoms with Gasteiger partial charge in [-0.25, -0.2) is 0 Å². The summed E-state index contributed by atoms with van der Waals surface area (Å²) in [5.41, 5.74) is 5.18. The van der Waals surface area contributed by atoms with Crippen LogP contribution in [0, 0.1) is 13.8 Å². The van der Waals surface area contributed by atoms with E-state index in [1.165, 1.54) is 0 Å². The Morgan fingerprint density at radius 3 is 2.56 bits per heavy atom. The zero-order chi connectivity index (χ0) is 22.5. The van der Waals surface area contributed by atoms with Crippen LogP contribution in [-0.2, 0) is 16.0 Å². The van der Waals surface area contributed by atoms with Crippen LogP contribution in [0.25, 0.3) is 10.9 Å². The highest BCUT2D eigenvalue weighted by Crippen LogP contribution is 2.25. The molecular formula is C26H31N3O3. The maximum absolute atomic E-state index is 13.0. The van der Waals surface area contributed by atoms with Gasteiger partial charge in [-0.2, -0.15) is 0 Å². The van der Waals surface area contributed by atoms with E-state index in [9.17, 15) is 4.79 Å². The average Bonchev–Trinajstić information content (AvgIpc) is 2.83. The molecule has 0 spiro atoms. The summed E-state index contributed by atoms with van der Waals surface area (Å²) < 4.78 is 10.8. The van der Waals surface area contributed by atoms with Gasteiger partial charge in [-0.15, -0.1) is 0 Å². The molecule has 1 fully saturated rings. The number of morpholine rings is 1. The summed E-state index contributed by atoms with van der Waals surface area (Å²) in [6.07, 6.45) is 0.327. The molecule has 2 heterocycles. The molecule has 4 rings (SSSR count). The number of fused-ring (bicyclic) bond motifs is 1. The van der Waals surface area contributed by atoms with Crippen LogP contribution in [0.1, 0.15) is 28.4 Å². The van der Waals surface area contributed by atoms with Crippen molar-refractivity contribution in [1.82, 2.24) is 15.2 Å². The Morgan fingerprint density at radius 2 is 1.84 bits per heavy atom. The number of para-hydroxylation sites is 1. The zero-order valence-corrected chi connectivity index (χ0v) is 19.1. The van der Waals surface area contributed by atoms with Crippen LogP contribution >= 0.6 is 0 Å². The predicted octanol–water partition coefficient (Wildman–Crippen LogP) is 3.59. The summed E-state index contributed by atoms with van der Waals surface area (Å²) in [6, 6.07) is 16.3. The molecule has 0 aliphatic carbocycles. The van der Waals surface area contributed by atoms with E-state index in [4.69, 9.17) is 14.5 Å². The number of hydrogen-bond donors (Lipinski definition) is 1. The maximum Gasteiger partial charge on any atom is 0.224 e. The van der Waals surface area contributed by atoms with Crippen molar-refractivity contribution in [3.05, 3.63) is 70.9 Å². The Hall–Kier alpha value is -2.96. The number of carbonyl (C=O) groups excluding carboxylic acids is 1. The second-order valence-electron chi connectivity index (χ2n) is 8.24. The molecule has 1 N–H and O–H groups in total. The van der Waals surface area contributed by atoms with Crippen molar-refractivity contribution in [2.75, 3.05) is 40.0 Å². The van der Waals surface area contributed by atoms with E-state index in [0.29, 0.717) is 26.2 Å². The zero-order valence-electron chi connectivity index (χ0n) is 19.1. The third-order valence-corrected chi connectivity index (χ3v) is 6.30. The molecule has 6 nitrogen and oxygen atoms in total. The van der Waals surface area contributed by atoms with Crippen LogP contribution < -0.4 is 10.1 Å². The van der Waals surface area contributed by atoms with E-state index < -0.39 is 0 Å². The summed E-state index contributed by atoms with van der Waals surface area (Å²) in [4.78, 5) is 20.1. The van der Waals surface area contributed by atoms with E-state index in [-0.39, 0.29) is 11.9 Å². The Balaban J connectivity index is 1.49.